The average Bonchev–Trinajstić information content (AvgIpc) is 2.46. The van der Waals surface area contributed by atoms with Crippen molar-refractivity contribution in [2.45, 2.75) is 12.5 Å². The number of methoxy groups -OCH3 is 1. The number of nitrogens with one attached hydrogen (secondary N) is 1. The largest absolute Gasteiger partial charge is 0.467 e. The van der Waals surface area contributed by atoms with E-state index in [0.717, 1.165) is 0 Å². The number of esters is 1. The van der Waals surface area contributed by atoms with Gasteiger partial charge in [-0.05, 0) is 42.8 Å². The van der Waals surface area contributed by atoms with Gasteiger partial charge in [0, 0.05) is 10.7 Å². The Morgan fingerprint density at radius 3 is 2.57 bits per heavy atom. The van der Waals surface area contributed by atoms with Crippen LogP contribution in [-0.4, -0.2) is 13.1 Å². The fraction of sp³-hybridized carbons (Fsp3) is 0.188. The summed E-state index contributed by atoms with van der Waals surface area (Å²) in [6.45, 7) is 1.63. The quantitative estimate of drug-likeness (QED) is 0.868. The molecule has 0 aliphatic rings. The third kappa shape index (κ3) is 3.34. The van der Waals surface area contributed by atoms with E-state index in [0.29, 0.717) is 16.3 Å². The van der Waals surface area contributed by atoms with Crippen LogP contribution in [0.15, 0.2) is 48.5 Å². The topological polar surface area (TPSA) is 38.3 Å². The molecule has 21 heavy (non-hydrogen) atoms. The molecule has 0 saturated heterocycles. The van der Waals surface area contributed by atoms with Crippen LogP contribution in [0.1, 0.15) is 12.5 Å². The van der Waals surface area contributed by atoms with Crippen molar-refractivity contribution in [3.05, 3.63) is 64.9 Å². The van der Waals surface area contributed by atoms with Crippen molar-refractivity contribution in [2.75, 3.05) is 12.4 Å². The van der Waals surface area contributed by atoms with Gasteiger partial charge in [0.15, 0.2) is 5.54 Å². The lowest BCUT2D eigenvalue weighted by atomic mass is 9.91. The second-order valence-corrected chi connectivity index (χ2v) is 5.20. The van der Waals surface area contributed by atoms with E-state index in [2.05, 4.69) is 5.32 Å². The number of anilines is 1. The van der Waals surface area contributed by atoms with E-state index in [4.69, 9.17) is 16.3 Å². The van der Waals surface area contributed by atoms with Crippen LogP contribution in [0.25, 0.3) is 0 Å². The Morgan fingerprint density at radius 1 is 1.24 bits per heavy atom. The maximum absolute atomic E-state index is 13.5. The molecule has 3 nitrogen and oxygen atoms in total. The molecule has 0 radical (unpaired) electrons. The zero-order valence-electron chi connectivity index (χ0n) is 11.7. The van der Waals surface area contributed by atoms with E-state index in [9.17, 15) is 9.18 Å². The predicted molar refractivity (Wildman–Crippen MR) is 80.8 cm³/mol. The molecule has 0 bridgehead atoms. The molecule has 0 aromatic heterocycles. The highest BCUT2D eigenvalue weighted by atomic mass is 35.5. The first-order chi connectivity index (χ1) is 9.95. The molecule has 0 spiro atoms. The van der Waals surface area contributed by atoms with Crippen LogP contribution < -0.4 is 5.32 Å². The van der Waals surface area contributed by atoms with Crippen molar-refractivity contribution >= 4 is 23.3 Å². The van der Waals surface area contributed by atoms with E-state index in [1.807, 2.05) is 0 Å². The first-order valence-corrected chi connectivity index (χ1v) is 6.72. The Kier molecular flexibility index (Phi) is 4.48. The van der Waals surface area contributed by atoms with Gasteiger partial charge in [0.25, 0.3) is 0 Å². The monoisotopic (exact) mass is 307 g/mol. The van der Waals surface area contributed by atoms with E-state index in [-0.39, 0.29) is 0 Å². The number of halogens is 2. The summed E-state index contributed by atoms with van der Waals surface area (Å²) < 4.78 is 18.3. The van der Waals surface area contributed by atoms with Gasteiger partial charge in [-0.3, -0.25) is 0 Å². The molecule has 1 unspecified atom stereocenters. The molecule has 110 valence electrons. The van der Waals surface area contributed by atoms with Crippen LogP contribution in [0.2, 0.25) is 5.02 Å². The Labute approximate surface area is 127 Å². The lowest BCUT2D eigenvalue weighted by molar-refractivity contribution is -0.145. The number of carbonyl (C=O) groups excluding carboxylic acids is 1. The molecule has 5 heteroatoms. The number of benzene rings is 2. The van der Waals surface area contributed by atoms with E-state index in [1.165, 1.54) is 19.2 Å². The molecule has 0 fully saturated rings. The molecule has 1 atom stereocenters. The van der Waals surface area contributed by atoms with Gasteiger partial charge in [-0.25, -0.2) is 9.18 Å². The first kappa shape index (κ1) is 15.3. The maximum atomic E-state index is 13.5. The smallest absolute Gasteiger partial charge is 0.335 e. The van der Waals surface area contributed by atoms with Crippen LogP contribution in [0, 0.1) is 5.82 Å². The molecule has 2 aromatic rings. The summed E-state index contributed by atoms with van der Waals surface area (Å²) in [6.07, 6.45) is 0. The first-order valence-electron chi connectivity index (χ1n) is 6.34. The number of hydrogen-bond acceptors (Lipinski definition) is 3. The van der Waals surface area contributed by atoms with Crippen LogP contribution >= 0.6 is 11.6 Å². The highest BCUT2D eigenvalue weighted by Gasteiger charge is 2.36. The van der Waals surface area contributed by atoms with Gasteiger partial charge in [0.05, 0.1) is 7.11 Å². The highest BCUT2D eigenvalue weighted by Crippen LogP contribution is 2.29. The van der Waals surface area contributed by atoms with Gasteiger partial charge in [-0.1, -0.05) is 29.8 Å². The van der Waals surface area contributed by atoms with Crippen LogP contribution in [0.4, 0.5) is 10.1 Å². The molecule has 0 heterocycles. The third-order valence-electron chi connectivity index (χ3n) is 3.21. The maximum Gasteiger partial charge on any atom is 0.335 e. The minimum atomic E-state index is -1.22. The van der Waals surface area contributed by atoms with Gasteiger partial charge in [-0.2, -0.15) is 0 Å². The Bertz CT molecular complexity index is 662. The van der Waals surface area contributed by atoms with Crippen LogP contribution in [-0.2, 0) is 15.1 Å². The minimum absolute atomic E-state index is 0.421. The summed E-state index contributed by atoms with van der Waals surface area (Å²) in [7, 11) is 1.29. The SMILES string of the molecule is COC(=O)C(C)(Nc1cccc(Cl)c1)c1cccc(F)c1. The molecule has 0 amide bonds. The molecule has 0 aliphatic carbocycles. The van der Waals surface area contributed by atoms with Crippen molar-refractivity contribution in [3.63, 3.8) is 0 Å². The highest BCUT2D eigenvalue weighted by molar-refractivity contribution is 6.30. The molecular formula is C16H15ClFNO2. The van der Waals surface area contributed by atoms with Crippen molar-refractivity contribution in [3.8, 4) is 0 Å². The van der Waals surface area contributed by atoms with Gasteiger partial charge in [0.1, 0.15) is 5.82 Å². The predicted octanol–water partition coefficient (Wildman–Crippen LogP) is 3.98. The summed E-state index contributed by atoms with van der Waals surface area (Å²) in [4.78, 5) is 12.2. The minimum Gasteiger partial charge on any atom is -0.467 e. The van der Waals surface area contributed by atoms with Crippen molar-refractivity contribution in [2.24, 2.45) is 0 Å². The van der Waals surface area contributed by atoms with Crippen molar-refractivity contribution < 1.29 is 13.9 Å². The van der Waals surface area contributed by atoms with Gasteiger partial charge in [-0.15, -0.1) is 0 Å². The second-order valence-electron chi connectivity index (χ2n) is 4.76. The number of carbonyl (C=O) groups is 1. The Balaban J connectivity index is 2.45. The molecular weight excluding hydrogens is 293 g/mol. The lowest BCUT2D eigenvalue weighted by Crippen LogP contribution is -2.41. The zero-order valence-corrected chi connectivity index (χ0v) is 12.4. The van der Waals surface area contributed by atoms with Crippen LogP contribution in [0.3, 0.4) is 0 Å². The van der Waals surface area contributed by atoms with Crippen molar-refractivity contribution in [1.29, 1.82) is 0 Å². The Hall–Kier alpha value is -2.07. The Morgan fingerprint density at radius 2 is 1.95 bits per heavy atom. The summed E-state index contributed by atoms with van der Waals surface area (Å²) >= 11 is 5.94. The summed E-state index contributed by atoms with van der Waals surface area (Å²) in [6, 6.07) is 12.8. The molecule has 0 aliphatic heterocycles. The number of rotatable bonds is 4. The lowest BCUT2D eigenvalue weighted by Gasteiger charge is -2.29. The normalized spacial score (nSPS) is 13.3. The third-order valence-corrected chi connectivity index (χ3v) is 3.45. The molecule has 2 aromatic carbocycles. The number of ether oxygens (including phenoxy) is 1. The van der Waals surface area contributed by atoms with Gasteiger partial charge in [0.2, 0.25) is 0 Å². The molecule has 0 saturated carbocycles. The second kappa shape index (κ2) is 6.14. The van der Waals surface area contributed by atoms with Crippen molar-refractivity contribution in [1.82, 2.24) is 0 Å². The fourth-order valence-corrected chi connectivity index (χ4v) is 2.29. The van der Waals surface area contributed by atoms with E-state index < -0.39 is 17.3 Å². The fourth-order valence-electron chi connectivity index (χ4n) is 2.10. The van der Waals surface area contributed by atoms with E-state index >= 15 is 0 Å². The zero-order chi connectivity index (χ0) is 15.5. The van der Waals surface area contributed by atoms with Crippen LogP contribution in [0.5, 0.6) is 0 Å². The van der Waals surface area contributed by atoms with Gasteiger partial charge < -0.3 is 10.1 Å². The molecule has 2 rings (SSSR count). The molecule has 1 N–H and O–H groups in total. The standard InChI is InChI=1S/C16H15ClFNO2/c1-16(15(20)21-2,11-5-3-7-13(18)9-11)19-14-8-4-6-12(17)10-14/h3-10,19H,1-2H3. The van der Waals surface area contributed by atoms with Gasteiger partial charge >= 0.3 is 5.97 Å². The van der Waals surface area contributed by atoms with E-state index in [1.54, 1.807) is 43.3 Å². The summed E-state index contributed by atoms with van der Waals surface area (Å²) in [5.74, 6) is -0.941. The average molecular weight is 308 g/mol. The summed E-state index contributed by atoms with van der Waals surface area (Å²) in [5.41, 5.74) is -0.115. The summed E-state index contributed by atoms with van der Waals surface area (Å²) in [5, 5.41) is 3.60. The number of hydrogen-bond donors (Lipinski definition) is 1.